The Morgan fingerprint density at radius 1 is 1.15 bits per heavy atom. The van der Waals surface area contributed by atoms with E-state index >= 15 is 0 Å². The van der Waals surface area contributed by atoms with E-state index in [0.717, 1.165) is 11.1 Å². The first kappa shape index (κ1) is 18.5. The lowest BCUT2D eigenvalue weighted by molar-refractivity contribution is -0.118. The van der Waals surface area contributed by atoms with Gasteiger partial charge in [-0.2, -0.15) is 5.10 Å². The van der Waals surface area contributed by atoms with E-state index < -0.39 is 0 Å². The van der Waals surface area contributed by atoms with E-state index in [2.05, 4.69) is 25.7 Å². The second-order valence-electron chi connectivity index (χ2n) is 6.30. The topological polar surface area (TPSA) is 99.6 Å². The van der Waals surface area contributed by atoms with Crippen LogP contribution in [0.15, 0.2) is 41.8 Å². The number of carbonyl (C=O) groups is 2. The molecule has 0 aliphatic carbocycles. The largest absolute Gasteiger partial charge is 0.352 e. The summed E-state index contributed by atoms with van der Waals surface area (Å²) >= 11 is 0. The van der Waals surface area contributed by atoms with Crippen molar-refractivity contribution in [3.05, 3.63) is 47.8 Å². The zero-order valence-electron chi connectivity index (χ0n) is 15.4. The first-order chi connectivity index (χ1) is 13.0. The number of aryl methyl sites for hydroxylation is 2. The predicted molar refractivity (Wildman–Crippen MR) is 104 cm³/mol. The van der Waals surface area contributed by atoms with Gasteiger partial charge in [0.25, 0.3) is 5.91 Å². The number of hydrogen-bond donors (Lipinski definition) is 2. The summed E-state index contributed by atoms with van der Waals surface area (Å²) in [7, 11) is 0. The second kappa shape index (κ2) is 8.39. The number of rotatable bonds is 6. The van der Waals surface area contributed by atoms with Crippen LogP contribution in [0, 0.1) is 13.8 Å². The number of benzene rings is 1. The van der Waals surface area contributed by atoms with Gasteiger partial charge in [-0.15, -0.1) is 0 Å². The molecule has 2 N–H and O–H groups in total. The van der Waals surface area contributed by atoms with Crippen LogP contribution in [0.3, 0.4) is 0 Å². The van der Waals surface area contributed by atoms with E-state index in [0.29, 0.717) is 36.9 Å². The molecule has 0 unspecified atom stereocenters. The van der Waals surface area contributed by atoms with Crippen LogP contribution < -0.4 is 15.6 Å². The summed E-state index contributed by atoms with van der Waals surface area (Å²) in [5.74, 6) is 0.130. The lowest BCUT2D eigenvalue weighted by atomic mass is 10.1. The molecule has 2 heterocycles. The summed E-state index contributed by atoms with van der Waals surface area (Å²) in [6.07, 6.45) is 3.88. The molecule has 27 heavy (non-hydrogen) atoms. The van der Waals surface area contributed by atoms with Crippen LogP contribution in [0.2, 0.25) is 0 Å². The van der Waals surface area contributed by atoms with Crippen molar-refractivity contribution >= 4 is 29.2 Å². The van der Waals surface area contributed by atoms with Gasteiger partial charge in [0.1, 0.15) is 5.71 Å². The molecular weight excluding hydrogens is 344 g/mol. The van der Waals surface area contributed by atoms with Gasteiger partial charge in [-0.1, -0.05) is 12.1 Å². The molecule has 8 heteroatoms. The highest BCUT2D eigenvalue weighted by atomic mass is 16.2. The van der Waals surface area contributed by atoms with E-state index in [1.807, 2.05) is 32.0 Å². The number of nitrogens with one attached hydrogen (secondary N) is 2. The van der Waals surface area contributed by atoms with Gasteiger partial charge in [-0.25, -0.2) is 15.0 Å². The first-order valence-corrected chi connectivity index (χ1v) is 8.81. The highest BCUT2D eigenvalue weighted by molar-refractivity contribution is 6.40. The SMILES string of the molecule is Cc1ccc(C)c(N2N=C(C(=O)NCCNc3ncccn3)CCC2=O)c1. The first-order valence-electron chi connectivity index (χ1n) is 8.81. The fourth-order valence-electron chi connectivity index (χ4n) is 2.70. The van der Waals surface area contributed by atoms with Crippen molar-refractivity contribution in [2.45, 2.75) is 26.7 Å². The molecule has 0 bridgehead atoms. The number of hydrogen-bond acceptors (Lipinski definition) is 6. The van der Waals surface area contributed by atoms with Gasteiger partial charge in [0.05, 0.1) is 5.69 Å². The quantitative estimate of drug-likeness (QED) is 0.760. The molecule has 140 valence electrons. The van der Waals surface area contributed by atoms with Crippen molar-refractivity contribution in [1.82, 2.24) is 15.3 Å². The minimum Gasteiger partial charge on any atom is -0.352 e. The maximum Gasteiger partial charge on any atom is 0.267 e. The zero-order chi connectivity index (χ0) is 19.2. The third-order valence-electron chi connectivity index (χ3n) is 4.15. The molecule has 0 saturated carbocycles. The van der Waals surface area contributed by atoms with E-state index in [-0.39, 0.29) is 18.2 Å². The number of anilines is 2. The number of hydrazone groups is 1. The zero-order valence-corrected chi connectivity index (χ0v) is 15.4. The molecule has 3 rings (SSSR count). The normalized spacial score (nSPS) is 13.9. The van der Waals surface area contributed by atoms with Crippen molar-refractivity contribution in [1.29, 1.82) is 0 Å². The van der Waals surface area contributed by atoms with E-state index in [1.165, 1.54) is 5.01 Å². The van der Waals surface area contributed by atoms with Gasteiger partial charge >= 0.3 is 0 Å². The third kappa shape index (κ3) is 4.66. The van der Waals surface area contributed by atoms with E-state index in [4.69, 9.17) is 0 Å². The molecule has 1 aliphatic rings. The Morgan fingerprint density at radius 3 is 2.70 bits per heavy atom. The summed E-state index contributed by atoms with van der Waals surface area (Å²) in [5.41, 5.74) is 3.04. The maximum atomic E-state index is 12.4. The van der Waals surface area contributed by atoms with Gasteiger partial charge < -0.3 is 10.6 Å². The minimum atomic E-state index is -0.270. The van der Waals surface area contributed by atoms with Crippen molar-refractivity contribution in [3.63, 3.8) is 0 Å². The van der Waals surface area contributed by atoms with Crippen LogP contribution in [-0.4, -0.2) is 40.6 Å². The molecule has 2 aromatic rings. The number of nitrogens with zero attached hydrogens (tertiary/aromatic N) is 4. The van der Waals surface area contributed by atoms with Gasteiger partial charge in [-0.3, -0.25) is 9.59 Å². The lowest BCUT2D eigenvalue weighted by Gasteiger charge is -2.24. The Bertz CT molecular complexity index is 866. The van der Waals surface area contributed by atoms with E-state index in [9.17, 15) is 9.59 Å². The van der Waals surface area contributed by atoms with Crippen LogP contribution in [0.25, 0.3) is 0 Å². The minimum absolute atomic E-state index is 0.108. The third-order valence-corrected chi connectivity index (χ3v) is 4.15. The van der Waals surface area contributed by atoms with Gasteiger partial charge in [0, 0.05) is 38.3 Å². The fourth-order valence-corrected chi connectivity index (χ4v) is 2.70. The lowest BCUT2D eigenvalue weighted by Crippen LogP contribution is -2.40. The number of aromatic nitrogens is 2. The summed E-state index contributed by atoms with van der Waals surface area (Å²) in [5, 5.41) is 11.5. The molecule has 0 atom stereocenters. The molecule has 0 fully saturated rings. The van der Waals surface area contributed by atoms with Crippen LogP contribution in [-0.2, 0) is 9.59 Å². The monoisotopic (exact) mass is 366 g/mol. The van der Waals surface area contributed by atoms with Crippen LogP contribution in [0.1, 0.15) is 24.0 Å². The molecule has 2 amide bonds. The standard InChI is InChI=1S/C19H22N6O2/c1-13-4-5-14(2)16(12-13)25-17(26)7-6-15(24-25)18(27)20-10-11-23-19-21-8-3-9-22-19/h3-5,8-9,12H,6-7,10-11H2,1-2H3,(H,20,27)(H,21,22,23). The summed E-state index contributed by atoms with van der Waals surface area (Å²) in [6, 6.07) is 7.56. The van der Waals surface area contributed by atoms with Crippen LogP contribution >= 0.6 is 0 Å². The molecular formula is C19H22N6O2. The Labute approximate surface area is 157 Å². The molecule has 0 radical (unpaired) electrons. The fraction of sp³-hybridized carbons (Fsp3) is 0.316. The molecule has 8 nitrogen and oxygen atoms in total. The number of amides is 2. The summed E-state index contributed by atoms with van der Waals surface area (Å²) in [6.45, 7) is 4.76. The Balaban J connectivity index is 1.62. The summed E-state index contributed by atoms with van der Waals surface area (Å²) in [4.78, 5) is 32.8. The van der Waals surface area contributed by atoms with Crippen molar-refractivity contribution < 1.29 is 9.59 Å². The summed E-state index contributed by atoms with van der Waals surface area (Å²) < 4.78 is 0. The Morgan fingerprint density at radius 2 is 1.93 bits per heavy atom. The molecule has 1 aromatic carbocycles. The predicted octanol–water partition coefficient (Wildman–Crippen LogP) is 1.80. The van der Waals surface area contributed by atoms with E-state index in [1.54, 1.807) is 18.5 Å². The Hall–Kier alpha value is -3.29. The maximum absolute atomic E-state index is 12.4. The molecule has 0 spiro atoms. The van der Waals surface area contributed by atoms with Crippen molar-refractivity contribution in [2.24, 2.45) is 5.10 Å². The van der Waals surface area contributed by atoms with Crippen molar-refractivity contribution in [3.8, 4) is 0 Å². The highest BCUT2D eigenvalue weighted by Gasteiger charge is 2.26. The smallest absolute Gasteiger partial charge is 0.267 e. The average Bonchev–Trinajstić information content (AvgIpc) is 2.68. The van der Waals surface area contributed by atoms with Gasteiger partial charge in [-0.05, 0) is 37.1 Å². The number of carbonyl (C=O) groups excluding carboxylic acids is 2. The van der Waals surface area contributed by atoms with Crippen molar-refractivity contribution in [2.75, 3.05) is 23.4 Å². The van der Waals surface area contributed by atoms with Crippen LogP contribution in [0.5, 0.6) is 0 Å². The van der Waals surface area contributed by atoms with Gasteiger partial charge in [0.15, 0.2) is 0 Å². The highest BCUT2D eigenvalue weighted by Crippen LogP contribution is 2.25. The molecule has 1 aliphatic heterocycles. The molecule has 0 saturated heterocycles. The molecule has 1 aromatic heterocycles. The van der Waals surface area contributed by atoms with Gasteiger partial charge in [0.2, 0.25) is 11.9 Å². The second-order valence-corrected chi connectivity index (χ2v) is 6.30. The van der Waals surface area contributed by atoms with Crippen LogP contribution in [0.4, 0.5) is 11.6 Å². The average molecular weight is 366 g/mol. The Kier molecular flexibility index (Phi) is 5.75.